The Hall–Kier alpha value is 0.126. The van der Waals surface area contributed by atoms with Gasteiger partial charge in [0.05, 0.1) is 0 Å². The molecule has 3 nitrogen and oxygen atoms in total. The fourth-order valence-corrected chi connectivity index (χ4v) is 1.94. The summed E-state index contributed by atoms with van der Waals surface area (Å²) in [5.41, 5.74) is 14.9. The predicted octanol–water partition coefficient (Wildman–Crippen LogP) is -1.23. The summed E-state index contributed by atoms with van der Waals surface area (Å²) in [5, 5.41) is 0. The van der Waals surface area contributed by atoms with Crippen molar-refractivity contribution in [1.82, 2.24) is 0 Å². The van der Waals surface area contributed by atoms with E-state index < -0.39 is 11.3 Å². The molecular weight excluding hydrogens is 215 g/mol. The number of nitrogens with one attached hydrogen (secondary N) is 1. The van der Waals surface area contributed by atoms with Crippen LogP contribution in [0.1, 0.15) is 11.1 Å². The molecule has 0 saturated heterocycles. The van der Waals surface area contributed by atoms with Crippen molar-refractivity contribution in [3.63, 3.8) is 0 Å². The number of hydrogen-bond donors (Lipinski definition) is 1. The minimum atomic E-state index is -0.782. The van der Waals surface area contributed by atoms with Crippen LogP contribution in [0.25, 0.3) is 5.73 Å². The standard InChI is InChI=1S/C11H13N2O.K/c1-11(10(13)14)5-7-2-3-9(12)4-8(7)6-11;/h2-4H,1,5-6,12H2,(H2,13,14);/q-1;+1/p-1. The van der Waals surface area contributed by atoms with Gasteiger partial charge in [-0.3, -0.25) is 0 Å². The monoisotopic (exact) mass is 227 g/mol. The quantitative estimate of drug-likeness (QED) is 0.371. The van der Waals surface area contributed by atoms with Crippen molar-refractivity contribution in [2.24, 2.45) is 5.41 Å². The van der Waals surface area contributed by atoms with Crippen LogP contribution in [0.15, 0.2) is 18.2 Å². The zero-order valence-corrected chi connectivity index (χ0v) is 12.0. The summed E-state index contributed by atoms with van der Waals surface area (Å²) in [5.74, 6) is -0.590. The van der Waals surface area contributed by atoms with Gasteiger partial charge >= 0.3 is 51.4 Å². The zero-order chi connectivity index (χ0) is 10.3. The molecule has 1 aromatic rings. The molecule has 1 aromatic carbocycles. The van der Waals surface area contributed by atoms with Crippen LogP contribution in [0, 0.1) is 12.3 Å². The Balaban J connectivity index is 0.00000112. The van der Waals surface area contributed by atoms with Crippen LogP contribution in [0.3, 0.4) is 0 Å². The fourth-order valence-electron chi connectivity index (χ4n) is 1.94. The predicted molar refractivity (Wildman–Crippen MR) is 55.4 cm³/mol. The van der Waals surface area contributed by atoms with Gasteiger partial charge in [-0.1, -0.05) is 6.07 Å². The molecular formula is C11H12KN2O-. The van der Waals surface area contributed by atoms with Crippen LogP contribution in [0.5, 0.6) is 0 Å². The molecule has 1 aliphatic rings. The summed E-state index contributed by atoms with van der Waals surface area (Å²) in [6, 6.07) is 5.60. The Morgan fingerprint density at radius 3 is 2.60 bits per heavy atom. The van der Waals surface area contributed by atoms with Gasteiger partial charge in [-0.25, -0.2) is 0 Å². The number of nitrogens with two attached hydrogens (primary N) is 1. The number of benzene rings is 1. The summed E-state index contributed by atoms with van der Waals surface area (Å²) in [7, 11) is 0. The van der Waals surface area contributed by atoms with Gasteiger partial charge in [-0.2, -0.15) is 0 Å². The first-order valence-corrected chi connectivity index (χ1v) is 4.50. The van der Waals surface area contributed by atoms with Crippen LogP contribution in [-0.2, 0) is 17.6 Å². The first-order valence-electron chi connectivity index (χ1n) is 4.50. The molecule has 1 atom stereocenters. The van der Waals surface area contributed by atoms with E-state index in [1.54, 1.807) is 0 Å². The molecule has 1 amide bonds. The second-order valence-corrected chi connectivity index (χ2v) is 3.99. The smallest absolute Gasteiger partial charge is 0.670 e. The molecule has 2 rings (SSSR count). The van der Waals surface area contributed by atoms with Crippen LogP contribution >= 0.6 is 0 Å². The number of rotatable bonds is 1. The first-order chi connectivity index (χ1) is 6.51. The van der Waals surface area contributed by atoms with E-state index in [0.29, 0.717) is 18.5 Å². The van der Waals surface area contributed by atoms with Gasteiger partial charge in [0.2, 0.25) is 0 Å². The number of hydrogen-bond acceptors (Lipinski definition) is 2. The van der Waals surface area contributed by atoms with Crippen molar-refractivity contribution >= 4 is 11.6 Å². The second-order valence-electron chi connectivity index (χ2n) is 3.99. The molecule has 1 aliphatic carbocycles. The molecule has 0 radical (unpaired) electrons. The summed E-state index contributed by atoms with van der Waals surface area (Å²) < 4.78 is 0. The van der Waals surface area contributed by atoms with E-state index in [1.807, 2.05) is 18.2 Å². The Bertz CT molecular complexity index is 406. The molecule has 4 heteroatoms. The Labute approximate surface area is 132 Å². The van der Waals surface area contributed by atoms with E-state index in [0.717, 1.165) is 11.1 Å². The largest absolute Gasteiger partial charge is 1.00 e. The van der Waals surface area contributed by atoms with Gasteiger partial charge in [0, 0.05) is 11.6 Å². The van der Waals surface area contributed by atoms with Crippen molar-refractivity contribution in [2.45, 2.75) is 12.8 Å². The van der Waals surface area contributed by atoms with Gasteiger partial charge in [0.15, 0.2) is 0 Å². The summed E-state index contributed by atoms with van der Waals surface area (Å²) in [6.07, 6.45) is 1.10. The van der Waals surface area contributed by atoms with Gasteiger partial charge in [-0.05, 0) is 36.1 Å². The number of nitrogen functional groups attached to an aromatic ring is 1. The molecule has 0 fully saturated rings. The number of carbonyl (C=O) groups is 1. The summed E-state index contributed by atoms with van der Waals surface area (Å²) >= 11 is 0. The molecule has 0 heterocycles. The van der Waals surface area contributed by atoms with Crippen LogP contribution in [0.4, 0.5) is 5.69 Å². The average Bonchev–Trinajstić information content (AvgIpc) is 2.42. The van der Waals surface area contributed by atoms with E-state index in [4.69, 9.17) is 11.5 Å². The minimum Gasteiger partial charge on any atom is -0.670 e. The maximum atomic E-state index is 11.1. The normalized spacial score (nSPS) is 23.0. The number of amides is 1. The molecule has 1 unspecified atom stereocenters. The number of fused-ring (bicyclic) bond motifs is 1. The van der Waals surface area contributed by atoms with Gasteiger partial charge in [0.25, 0.3) is 0 Å². The second kappa shape index (κ2) is 4.55. The van der Waals surface area contributed by atoms with Gasteiger partial charge in [-0.15, -0.1) is 5.41 Å². The van der Waals surface area contributed by atoms with Gasteiger partial charge in [0.1, 0.15) is 0 Å². The SMILES string of the molecule is [CH2-]C1(C([NH-])=O)Cc2ccc(N)cc2C1.[K+]. The molecule has 3 N–H and O–H groups in total. The number of anilines is 1. The van der Waals surface area contributed by atoms with E-state index in [-0.39, 0.29) is 51.4 Å². The summed E-state index contributed by atoms with van der Waals surface area (Å²) in [6.45, 7) is 3.84. The third-order valence-corrected chi connectivity index (χ3v) is 2.77. The van der Waals surface area contributed by atoms with Crippen molar-refractivity contribution in [1.29, 1.82) is 0 Å². The van der Waals surface area contributed by atoms with Crippen molar-refractivity contribution in [3.8, 4) is 0 Å². The van der Waals surface area contributed by atoms with Crippen molar-refractivity contribution < 1.29 is 56.2 Å². The Kier molecular flexibility index (Phi) is 4.00. The zero-order valence-electron chi connectivity index (χ0n) is 8.84. The molecule has 15 heavy (non-hydrogen) atoms. The molecule has 0 saturated carbocycles. The topological polar surface area (TPSA) is 66.9 Å². The third kappa shape index (κ3) is 2.45. The van der Waals surface area contributed by atoms with E-state index in [2.05, 4.69) is 6.92 Å². The maximum Gasteiger partial charge on any atom is 1.00 e. The van der Waals surface area contributed by atoms with Crippen molar-refractivity contribution in [2.75, 3.05) is 5.73 Å². The Morgan fingerprint density at radius 1 is 1.40 bits per heavy atom. The molecule has 0 aromatic heterocycles. The molecule has 74 valence electrons. The van der Waals surface area contributed by atoms with E-state index in [9.17, 15) is 4.79 Å². The summed E-state index contributed by atoms with van der Waals surface area (Å²) in [4.78, 5) is 11.1. The van der Waals surface area contributed by atoms with Crippen LogP contribution < -0.4 is 57.1 Å². The molecule has 0 bridgehead atoms. The fraction of sp³-hybridized carbons (Fsp3) is 0.273. The van der Waals surface area contributed by atoms with E-state index >= 15 is 0 Å². The molecule has 0 aliphatic heterocycles. The first kappa shape index (κ1) is 13.2. The van der Waals surface area contributed by atoms with Crippen LogP contribution in [0.2, 0.25) is 0 Å². The minimum absolute atomic E-state index is 0. The number of carbonyl (C=O) groups excluding carboxylic acids is 1. The van der Waals surface area contributed by atoms with Gasteiger partial charge < -0.3 is 23.2 Å². The third-order valence-electron chi connectivity index (χ3n) is 2.77. The van der Waals surface area contributed by atoms with E-state index in [1.165, 1.54) is 0 Å². The molecule has 0 spiro atoms. The Morgan fingerprint density at radius 2 is 2.00 bits per heavy atom. The maximum absolute atomic E-state index is 11.1. The van der Waals surface area contributed by atoms with Crippen LogP contribution in [-0.4, -0.2) is 5.91 Å². The van der Waals surface area contributed by atoms with Crippen molar-refractivity contribution in [3.05, 3.63) is 42.0 Å². The average molecular weight is 227 g/mol.